The van der Waals surface area contributed by atoms with E-state index in [4.69, 9.17) is 0 Å². The molecule has 0 aromatic rings. The number of aliphatic imine (C=N–C) groups is 2. The topological polar surface area (TPSA) is 40.0 Å². The number of nitrogens with zero attached hydrogens (tertiary/aromatic N) is 3. The minimum absolute atomic E-state index is 0.0781. The number of fused-ring (bicyclic) bond motifs is 1. The first-order valence-electron chi connectivity index (χ1n) is 3.25. The van der Waals surface area contributed by atoms with E-state index >= 15 is 0 Å². The largest absolute Gasteiger partial charge is 0.285 e. The van der Waals surface area contributed by atoms with E-state index in [1.165, 1.54) is 5.57 Å². The second-order valence-electron chi connectivity index (χ2n) is 2.39. The van der Waals surface area contributed by atoms with Gasteiger partial charge < -0.3 is 0 Å². The quantitative estimate of drug-likeness (QED) is 0.658. The van der Waals surface area contributed by atoms with Crippen LogP contribution in [0.1, 0.15) is 6.92 Å². The molecule has 4 nitrogen and oxygen atoms in total. The number of rotatable bonds is 0. The van der Waals surface area contributed by atoms with Gasteiger partial charge in [0.2, 0.25) is 6.29 Å². The van der Waals surface area contributed by atoms with Gasteiger partial charge in [0.15, 0.2) is 0 Å². The van der Waals surface area contributed by atoms with Crippen LogP contribution in [-0.2, 0) is 0 Å². The van der Waals surface area contributed by atoms with Gasteiger partial charge >= 0.3 is 0 Å². The number of hydrazine groups is 1. The van der Waals surface area contributed by atoms with Gasteiger partial charge in [0, 0.05) is 6.20 Å². The number of halogens is 1. The molecule has 11 heavy (non-hydrogen) atoms. The number of nitrogens with one attached hydrogen (secondary N) is 1. The summed E-state index contributed by atoms with van der Waals surface area (Å²) in [5, 5.41) is 1.87. The highest BCUT2D eigenvalue weighted by atomic mass is 127. The molecule has 2 heterocycles. The summed E-state index contributed by atoms with van der Waals surface area (Å²) in [7, 11) is 0. The standard InChI is InChI=1S/C6H7IN4/c1-4-2-11-6(8-3-9-11)10-5(4)7/h2-3,6H,1H3,(H,8,9). The smallest absolute Gasteiger partial charge is 0.235 e. The zero-order valence-electron chi connectivity index (χ0n) is 5.95. The molecular formula is C6H7IN4. The number of hydrogen-bond acceptors (Lipinski definition) is 4. The van der Waals surface area contributed by atoms with Crippen LogP contribution in [0.4, 0.5) is 0 Å². The summed E-state index contributed by atoms with van der Waals surface area (Å²) in [6, 6.07) is 0. The van der Waals surface area contributed by atoms with E-state index in [1.54, 1.807) is 6.34 Å². The maximum atomic E-state index is 4.33. The molecule has 0 amide bonds. The Bertz CT molecular complexity index is 268. The highest BCUT2D eigenvalue weighted by molar-refractivity contribution is 14.1. The van der Waals surface area contributed by atoms with Crippen molar-refractivity contribution < 1.29 is 0 Å². The molecule has 2 rings (SSSR count). The minimum atomic E-state index is -0.0781. The molecule has 0 spiro atoms. The van der Waals surface area contributed by atoms with E-state index in [9.17, 15) is 0 Å². The van der Waals surface area contributed by atoms with Crippen LogP contribution in [0.2, 0.25) is 0 Å². The zero-order valence-corrected chi connectivity index (χ0v) is 8.11. The Balaban J connectivity index is 2.31. The summed E-state index contributed by atoms with van der Waals surface area (Å²) in [4.78, 5) is 8.42. The molecule has 1 unspecified atom stereocenters. The monoisotopic (exact) mass is 262 g/mol. The van der Waals surface area contributed by atoms with E-state index < -0.39 is 0 Å². The zero-order chi connectivity index (χ0) is 7.84. The van der Waals surface area contributed by atoms with Crippen LogP contribution in [0.15, 0.2) is 21.8 Å². The Labute approximate surface area is 78.2 Å². The maximum Gasteiger partial charge on any atom is 0.235 e. The van der Waals surface area contributed by atoms with Gasteiger partial charge in [0.25, 0.3) is 0 Å². The van der Waals surface area contributed by atoms with Crippen molar-refractivity contribution in [2.45, 2.75) is 13.2 Å². The Morgan fingerprint density at radius 3 is 3.36 bits per heavy atom. The van der Waals surface area contributed by atoms with Crippen molar-refractivity contribution in [3.63, 3.8) is 0 Å². The number of allylic oxidation sites excluding steroid dienone is 1. The molecule has 5 heteroatoms. The molecule has 2 aliphatic rings. The van der Waals surface area contributed by atoms with Gasteiger partial charge in [-0.25, -0.2) is 15.0 Å². The molecule has 58 valence electrons. The third-order valence-electron chi connectivity index (χ3n) is 1.55. The Hall–Kier alpha value is -0.590. The van der Waals surface area contributed by atoms with Crippen LogP contribution in [0, 0.1) is 0 Å². The molecule has 0 aromatic carbocycles. The Morgan fingerprint density at radius 1 is 1.73 bits per heavy atom. The molecule has 0 aromatic heterocycles. The molecule has 0 aliphatic carbocycles. The predicted octanol–water partition coefficient (Wildman–Crippen LogP) is 0.869. The van der Waals surface area contributed by atoms with E-state index in [2.05, 4.69) is 38.0 Å². The van der Waals surface area contributed by atoms with Crippen LogP contribution < -0.4 is 5.43 Å². The van der Waals surface area contributed by atoms with E-state index in [-0.39, 0.29) is 6.29 Å². The minimum Gasteiger partial charge on any atom is -0.285 e. The van der Waals surface area contributed by atoms with Gasteiger partial charge in [0.05, 0.1) is 0 Å². The van der Waals surface area contributed by atoms with Crippen LogP contribution in [0.25, 0.3) is 0 Å². The summed E-state index contributed by atoms with van der Waals surface area (Å²) in [5.74, 6) is 0. The van der Waals surface area contributed by atoms with Gasteiger partial charge in [-0.05, 0) is 35.1 Å². The van der Waals surface area contributed by atoms with Crippen molar-refractivity contribution in [3.8, 4) is 0 Å². The van der Waals surface area contributed by atoms with Gasteiger partial charge in [-0.3, -0.25) is 5.43 Å². The predicted molar refractivity (Wildman–Crippen MR) is 52.5 cm³/mol. The first-order valence-corrected chi connectivity index (χ1v) is 4.33. The molecule has 0 saturated heterocycles. The summed E-state index contributed by atoms with van der Waals surface area (Å²) in [5.41, 5.74) is 4.13. The molecule has 0 bridgehead atoms. The summed E-state index contributed by atoms with van der Waals surface area (Å²) >= 11 is 2.21. The number of hydrogen-bond donors (Lipinski definition) is 1. The normalized spacial score (nSPS) is 27.5. The third-order valence-corrected chi connectivity index (χ3v) is 2.68. The van der Waals surface area contributed by atoms with Gasteiger partial charge in [-0.15, -0.1) is 0 Å². The van der Waals surface area contributed by atoms with Crippen LogP contribution in [0.3, 0.4) is 0 Å². The maximum absolute atomic E-state index is 4.33. The van der Waals surface area contributed by atoms with Crippen molar-refractivity contribution in [1.82, 2.24) is 10.4 Å². The lowest BCUT2D eigenvalue weighted by Gasteiger charge is -2.22. The van der Waals surface area contributed by atoms with Gasteiger partial charge in [-0.1, -0.05) is 0 Å². The first kappa shape index (κ1) is 7.08. The fourth-order valence-electron chi connectivity index (χ4n) is 0.970. The summed E-state index contributed by atoms with van der Waals surface area (Å²) in [6.07, 6.45) is 3.59. The van der Waals surface area contributed by atoms with E-state index in [1.807, 2.05) is 18.1 Å². The van der Waals surface area contributed by atoms with Crippen LogP contribution in [-0.4, -0.2) is 21.4 Å². The molecule has 0 radical (unpaired) electrons. The average Bonchev–Trinajstić information content (AvgIpc) is 2.36. The van der Waals surface area contributed by atoms with Crippen molar-refractivity contribution in [3.05, 3.63) is 11.8 Å². The Morgan fingerprint density at radius 2 is 2.55 bits per heavy atom. The lowest BCUT2D eigenvalue weighted by Crippen LogP contribution is -2.35. The van der Waals surface area contributed by atoms with Gasteiger partial charge in [0.1, 0.15) is 10.1 Å². The highest BCUT2D eigenvalue weighted by Crippen LogP contribution is 2.18. The van der Waals surface area contributed by atoms with Gasteiger partial charge in [-0.2, -0.15) is 0 Å². The fourth-order valence-corrected chi connectivity index (χ4v) is 1.36. The molecule has 0 fully saturated rings. The van der Waals surface area contributed by atoms with E-state index in [0.29, 0.717) is 0 Å². The van der Waals surface area contributed by atoms with E-state index in [0.717, 1.165) is 3.72 Å². The molecule has 0 saturated carbocycles. The van der Waals surface area contributed by atoms with Crippen LogP contribution >= 0.6 is 22.6 Å². The third kappa shape index (κ3) is 1.13. The summed E-state index contributed by atoms with van der Waals surface area (Å²) in [6.45, 7) is 2.03. The average molecular weight is 262 g/mol. The first-order chi connectivity index (χ1) is 5.27. The lowest BCUT2D eigenvalue weighted by atomic mass is 10.3. The van der Waals surface area contributed by atoms with Crippen molar-refractivity contribution in [1.29, 1.82) is 0 Å². The van der Waals surface area contributed by atoms with Crippen LogP contribution in [0.5, 0.6) is 0 Å². The lowest BCUT2D eigenvalue weighted by molar-refractivity contribution is 0.280. The Kier molecular flexibility index (Phi) is 1.59. The molecule has 1 atom stereocenters. The molecule has 1 N–H and O–H groups in total. The SMILES string of the molecule is CC1=CN2NC=NC2N=C1I. The molecular weight excluding hydrogens is 255 g/mol. The van der Waals surface area contributed by atoms with Crippen molar-refractivity contribution in [2.75, 3.05) is 0 Å². The van der Waals surface area contributed by atoms with Crippen molar-refractivity contribution in [2.24, 2.45) is 9.98 Å². The molecule has 2 aliphatic heterocycles. The second kappa shape index (κ2) is 2.47. The highest BCUT2D eigenvalue weighted by Gasteiger charge is 2.21. The fraction of sp³-hybridized carbons (Fsp3) is 0.333. The summed E-state index contributed by atoms with van der Waals surface area (Å²) < 4.78 is 1.03. The second-order valence-corrected chi connectivity index (χ2v) is 3.41. The van der Waals surface area contributed by atoms with Crippen molar-refractivity contribution >= 4 is 32.6 Å².